The van der Waals surface area contributed by atoms with Crippen LogP contribution in [0.25, 0.3) is 0 Å². The molecule has 1 aromatic rings. The number of quaternary nitrogens is 2. The molecule has 1 aliphatic rings. The number of halogens is 2. The Morgan fingerprint density at radius 2 is 1.88 bits per heavy atom. The predicted octanol–water partition coefficient (Wildman–Crippen LogP) is 1.08. The van der Waals surface area contributed by atoms with Gasteiger partial charge in [0.2, 0.25) is 5.91 Å². The summed E-state index contributed by atoms with van der Waals surface area (Å²) in [6, 6.07) is 5.84. The zero-order chi connectivity index (χ0) is 19.3. The fraction of sp³-hybridized carbons (Fsp3) is 0.650. The number of nitrogens with one attached hydrogen (secondary N) is 3. The Bertz CT molecular complexity index is 611. The smallest absolute Gasteiger partial charge is 0.223 e. The lowest BCUT2D eigenvalue weighted by Crippen LogP contribution is -3.11. The molecule has 4 nitrogen and oxygen atoms in total. The average Bonchev–Trinajstić information content (AvgIpc) is 2.56. The van der Waals surface area contributed by atoms with Crippen LogP contribution in [0.15, 0.2) is 18.2 Å². The summed E-state index contributed by atoms with van der Waals surface area (Å²) in [5.74, 6) is 0.371. The van der Waals surface area contributed by atoms with E-state index >= 15 is 0 Å². The highest BCUT2D eigenvalue weighted by Gasteiger charge is 2.29. The van der Waals surface area contributed by atoms with E-state index < -0.39 is 0 Å². The predicted molar refractivity (Wildman–Crippen MR) is 108 cm³/mol. The van der Waals surface area contributed by atoms with Crippen molar-refractivity contribution in [2.45, 2.75) is 33.2 Å². The van der Waals surface area contributed by atoms with Gasteiger partial charge in [-0.15, -0.1) is 0 Å². The van der Waals surface area contributed by atoms with E-state index in [1.54, 1.807) is 0 Å². The van der Waals surface area contributed by atoms with E-state index in [2.05, 4.69) is 33.3 Å². The molecule has 0 bridgehead atoms. The lowest BCUT2D eigenvalue weighted by atomic mass is 9.91. The second-order valence-corrected chi connectivity index (χ2v) is 9.53. The molecular formula is C20H33Cl2N3O+2. The number of benzene rings is 1. The van der Waals surface area contributed by atoms with E-state index in [4.69, 9.17) is 23.2 Å². The number of piperidine rings is 1. The van der Waals surface area contributed by atoms with Crippen LogP contribution in [-0.2, 0) is 11.3 Å². The molecule has 1 saturated heterocycles. The van der Waals surface area contributed by atoms with Crippen LogP contribution < -0.4 is 15.1 Å². The van der Waals surface area contributed by atoms with Crippen molar-refractivity contribution in [3.8, 4) is 0 Å². The van der Waals surface area contributed by atoms with Crippen molar-refractivity contribution >= 4 is 29.1 Å². The van der Waals surface area contributed by atoms with Gasteiger partial charge in [-0.2, -0.15) is 0 Å². The second kappa shape index (κ2) is 9.41. The van der Waals surface area contributed by atoms with Crippen LogP contribution in [0.2, 0.25) is 10.0 Å². The first-order valence-corrected chi connectivity index (χ1v) is 10.3. The van der Waals surface area contributed by atoms with Gasteiger partial charge >= 0.3 is 0 Å². The molecule has 0 aliphatic carbocycles. The van der Waals surface area contributed by atoms with Gasteiger partial charge in [-0.05, 0) is 12.1 Å². The summed E-state index contributed by atoms with van der Waals surface area (Å²) in [5.41, 5.74) is 1.32. The molecule has 1 heterocycles. The van der Waals surface area contributed by atoms with E-state index in [-0.39, 0.29) is 17.2 Å². The molecule has 0 atom stereocenters. The zero-order valence-electron chi connectivity index (χ0n) is 16.4. The largest absolute Gasteiger partial charge is 0.355 e. The lowest BCUT2D eigenvalue weighted by Gasteiger charge is -2.30. The molecule has 1 fully saturated rings. The first kappa shape index (κ1) is 21.5. The molecule has 1 aliphatic heterocycles. The number of likely N-dealkylation sites (tertiary alicyclic amines) is 1. The fourth-order valence-corrected chi connectivity index (χ4v) is 4.21. The number of hydrogen-bond acceptors (Lipinski definition) is 1. The summed E-state index contributed by atoms with van der Waals surface area (Å²) in [6.07, 6.45) is 1.89. The van der Waals surface area contributed by atoms with Crippen LogP contribution in [0.3, 0.4) is 0 Å². The van der Waals surface area contributed by atoms with Gasteiger partial charge in [0.1, 0.15) is 6.54 Å². The molecular weight excluding hydrogens is 369 g/mol. The number of rotatable bonds is 7. The maximum Gasteiger partial charge on any atom is 0.223 e. The van der Waals surface area contributed by atoms with Crippen LogP contribution in [0.4, 0.5) is 0 Å². The lowest BCUT2D eigenvalue weighted by molar-refractivity contribution is -0.919. The molecule has 1 aromatic carbocycles. The Morgan fingerprint density at radius 1 is 1.23 bits per heavy atom. The molecule has 2 rings (SSSR count). The highest BCUT2D eigenvalue weighted by Crippen LogP contribution is 2.22. The highest BCUT2D eigenvalue weighted by molar-refractivity contribution is 6.42. The van der Waals surface area contributed by atoms with Crippen molar-refractivity contribution in [2.24, 2.45) is 11.3 Å². The van der Waals surface area contributed by atoms with E-state index in [0.717, 1.165) is 45.6 Å². The molecule has 146 valence electrons. The molecule has 1 amide bonds. The van der Waals surface area contributed by atoms with Crippen molar-refractivity contribution in [3.63, 3.8) is 0 Å². The highest BCUT2D eigenvalue weighted by atomic mass is 35.5. The van der Waals surface area contributed by atoms with Gasteiger partial charge in [0.15, 0.2) is 0 Å². The third-order valence-corrected chi connectivity index (χ3v) is 5.81. The van der Waals surface area contributed by atoms with Crippen molar-refractivity contribution in [2.75, 3.05) is 40.3 Å². The molecule has 3 N–H and O–H groups in total. The van der Waals surface area contributed by atoms with Crippen molar-refractivity contribution in [3.05, 3.63) is 33.8 Å². The van der Waals surface area contributed by atoms with Gasteiger partial charge < -0.3 is 15.1 Å². The second-order valence-electron chi connectivity index (χ2n) is 8.72. The standard InChI is InChI=1S/C20H31Cl2N3O/c1-20(2,14-24(3)4)13-23-19(26)16-7-9-25(10-8-16)12-15-5-6-17(21)18(22)11-15/h5-6,11,16H,7-10,12-14H2,1-4H3,(H,23,26)/p+2. The molecule has 0 spiro atoms. The minimum atomic E-state index is 0.119. The first-order valence-electron chi connectivity index (χ1n) is 9.50. The van der Waals surface area contributed by atoms with Crippen LogP contribution in [0, 0.1) is 11.3 Å². The van der Waals surface area contributed by atoms with Crippen LogP contribution >= 0.6 is 23.2 Å². The van der Waals surface area contributed by atoms with Gasteiger partial charge in [-0.3, -0.25) is 4.79 Å². The normalized spacial score (nSPS) is 21.0. The third kappa shape index (κ3) is 6.73. The first-order chi connectivity index (χ1) is 12.2. The van der Waals surface area contributed by atoms with Crippen LogP contribution in [0.5, 0.6) is 0 Å². The summed E-state index contributed by atoms with van der Waals surface area (Å²) in [4.78, 5) is 15.4. The maximum atomic E-state index is 12.5. The van der Waals surface area contributed by atoms with Gasteiger partial charge in [0.25, 0.3) is 0 Å². The number of carbonyl (C=O) groups excluding carboxylic acids is 1. The summed E-state index contributed by atoms with van der Waals surface area (Å²) < 4.78 is 0. The molecule has 26 heavy (non-hydrogen) atoms. The Morgan fingerprint density at radius 3 is 2.46 bits per heavy atom. The summed E-state index contributed by atoms with van der Waals surface area (Å²) in [6.45, 7) is 9.18. The van der Waals surface area contributed by atoms with E-state index in [0.29, 0.717) is 10.0 Å². The monoisotopic (exact) mass is 401 g/mol. The summed E-state index contributed by atoms with van der Waals surface area (Å²) in [5, 5.41) is 4.39. The molecule has 6 heteroatoms. The molecule has 0 aromatic heterocycles. The quantitative estimate of drug-likeness (QED) is 0.628. The van der Waals surface area contributed by atoms with Gasteiger partial charge in [0.05, 0.1) is 43.8 Å². The van der Waals surface area contributed by atoms with E-state index in [9.17, 15) is 4.79 Å². The summed E-state index contributed by atoms with van der Waals surface area (Å²) in [7, 11) is 4.30. The Balaban J connectivity index is 1.76. The zero-order valence-corrected chi connectivity index (χ0v) is 17.9. The maximum absolute atomic E-state index is 12.5. The van der Waals surface area contributed by atoms with Crippen molar-refractivity contribution < 1.29 is 14.6 Å². The Kier molecular flexibility index (Phi) is 7.77. The Labute approximate surface area is 167 Å². The minimum absolute atomic E-state index is 0.119. The van der Waals surface area contributed by atoms with E-state index in [1.807, 2.05) is 18.2 Å². The van der Waals surface area contributed by atoms with Gasteiger partial charge in [0, 0.05) is 36.3 Å². The third-order valence-electron chi connectivity index (χ3n) is 5.07. The van der Waals surface area contributed by atoms with Crippen LogP contribution in [-0.4, -0.2) is 46.2 Å². The van der Waals surface area contributed by atoms with E-state index in [1.165, 1.54) is 15.4 Å². The number of amides is 1. The topological polar surface area (TPSA) is 38.0 Å². The molecule has 0 unspecified atom stereocenters. The molecule has 0 radical (unpaired) electrons. The minimum Gasteiger partial charge on any atom is -0.355 e. The summed E-state index contributed by atoms with van der Waals surface area (Å²) >= 11 is 12.1. The Hall–Kier alpha value is -0.810. The van der Waals surface area contributed by atoms with Crippen molar-refractivity contribution in [1.82, 2.24) is 5.32 Å². The van der Waals surface area contributed by atoms with Crippen molar-refractivity contribution in [1.29, 1.82) is 0 Å². The number of carbonyl (C=O) groups is 1. The van der Waals surface area contributed by atoms with Gasteiger partial charge in [-0.1, -0.05) is 43.1 Å². The van der Waals surface area contributed by atoms with Gasteiger partial charge in [-0.25, -0.2) is 0 Å². The van der Waals surface area contributed by atoms with Crippen LogP contribution in [0.1, 0.15) is 32.3 Å². The SMILES string of the molecule is C[NH+](C)CC(C)(C)CNC(=O)C1CC[NH+](Cc2ccc(Cl)c(Cl)c2)CC1. The fourth-order valence-electron chi connectivity index (χ4n) is 3.89. The molecule has 0 saturated carbocycles. The average molecular weight is 402 g/mol. The number of hydrogen-bond donors (Lipinski definition) is 3.